The quantitative estimate of drug-likeness (QED) is 0.0322. The summed E-state index contributed by atoms with van der Waals surface area (Å²) < 4.78 is 94.8. The topological polar surface area (TPSA) is 117 Å². The Morgan fingerprint density at radius 1 is 0.867 bits per heavy atom. The first-order valence-corrected chi connectivity index (χ1v) is 19.2. The highest BCUT2D eigenvalue weighted by Crippen LogP contribution is 2.41. The molecular weight excluding hydrogens is 790 g/mol. The number of aryl methyl sites for hydroxylation is 1. The molecule has 0 spiro atoms. The number of halogens is 5. The average molecular weight is 832 g/mol. The van der Waals surface area contributed by atoms with Crippen molar-refractivity contribution in [3.05, 3.63) is 147 Å². The van der Waals surface area contributed by atoms with Gasteiger partial charge in [-0.15, -0.1) is 0 Å². The maximum Gasteiger partial charge on any atom is 0.351 e. The molecule has 16 heteroatoms. The van der Waals surface area contributed by atoms with E-state index >= 15 is 0 Å². The molecule has 1 aromatic heterocycles. The Morgan fingerprint density at radius 2 is 1.43 bits per heavy atom. The molecule has 60 heavy (non-hydrogen) atoms. The summed E-state index contributed by atoms with van der Waals surface area (Å²) in [6, 6.07) is 24.4. The monoisotopic (exact) mass is 831 g/mol. The number of nitrogens with zero attached hydrogens (tertiary/aromatic N) is 4. The highest BCUT2D eigenvalue weighted by molar-refractivity contribution is 5.86. The minimum atomic E-state index is -2.39. The van der Waals surface area contributed by atoms with Crippen LogP contribution in [0, 0.1) is 41.9 Å². The molecule has 0 amide bonds. The molecule has 0 aliphatic carbocycles. The molecular formula is C44H42F5N5O6. The van der Waals surface area contributed by atoms with Crippen LogP contribution < -0.4 is 25.2 Å². The fourth-order valence-corrected chi connectivity index (χ4v) is 7.80. The van der Waals surface area contributed by atoms with Gasteiger partial charge in [0.1, 0.15) is 23.6 Å². The summed E-state index contributed by atoms with van der Waals surface area (Å²) in [6.07, 6.45) is 0.737. The van der Waals surface area contributed by atoms with E-state index in [0.29, 0.717) is 17.1 Å². The molecule has 3 atom stereocenters. The molecule has 2 aliphatic rings. The van der Waals surface area contributed by atoms with Gasteiger partial charge in [0.2, 0.25) is 34.8 Å². The Morgan fingerprint density at radius 3 is 1.98 bits per heavy atom. The summed E-state index contributed by atoms with van der Waals surface area (Å²) in [4.78, 5) is 37.9. The molecule has 5 aromatic rings. The first kappa shape index (κ1) is 42.0. The molecule has 2 saturated heterocycles. The number of ether oxygens (including phenoxy) is 4. The van der Waals surface area contributed by atoms with E-state index in [1.807, 2.05) is 90.8 Å². The van der Waals surface area contributed by atoms with E-state index in [1.54, 1.807) is 27.3 Å². The maximum absolute atomic E-state index is 14.6. The standard InChI is InChI=1S/C44H42F5N5O6/c1-25-24-54(43(56)52-42(25)51-33-11-8-20-53(33)2)34-21-26(22-35(55)60-41-39(48)37(46)36(45)38(47)40(41)49)32(59-34)23-50-44(27-9-6-5-7-10-27,28-12-16-30(57-3)17-13-28)29-14-18-31(58-4)19-15-29/h5-7,9-10,12-19,24,26,32,34,50H,8,11,20-23H2,1-4H3/t26-,32-,34-/m1/s1. The number of carbonyl (C=O) groups is 1. The van der Waals surface area contributed by atoms with Gasteiger partial charge >= 0.3 is 11.7 Å². The van der Waals surface area contributed by atoms with Gasteiger partial charge in [0.25, 0.3) is 0 Å². The number of hydrogen-bond donors (Lipinski definition) is 1. The van der Waals surface area contributed by atoms with Gasteiger partial charge in [-0.3, -0.25) is 14.7 Å². The molecule has 7 rings (SSSR count). The van der Waals surface area contributed by atoms with Crippen molar-refractivity contribution >= 4 is 17.6 Å². The van der Waals surface area contributed by atoms with Crippen LogP contribution in [0.3, 0.4) is 0 Å². The number of esters is 1. The first-order valence-electron chi connectivity index (χ1n) is 19.2. The van der Waals surface area contributed by atoms with E-state index in [2.05, 4.69) is 15.3 Å². The van der Waals surface area contributed by atoms with Crippen molar-refractivity contribution in [3.8, 4) is 17.2 Å². The SMILES string of the molecule is COc1ccc(C(NC[C@H]2O[C@@H](n3cc(C)c(N=C4CCCN4C)nc3=O)C[C@@H]2CC(=O)Oc2c(F)c(F)c(F)c(F)c2F)(c2ccccc2)c2ccc(OC)cc2)cc1. The van der Waals surface area contributed by atoms with Gasteiger partial charge < -0.3 is 23.8 Å². The molecule has 0 radical (unpaired) electrons. The Bertz CT molecular complexity index is 2370. The Kier molecular flexibility index (Phi) is 12.3. The number of carbonyl (C=O) groups excluding carboxylic acids is 1. The summed E-state index contributed by atoms with van der Waals surface area (Å²) in [7, 11) is 5.03. The third kappa shape index (κ3) is 8.21. The van der Waals surface area contributed by atoms with E-state index in [-0.39, 0.29) is 18.8 Å². The van der Waals surface area contributed by atoms with Crippen LogP contribution in [0.15, 0.2) is 94.8 Å². The van der Waals surface area contributed by atoms with Crippen molar-refractivity contribution in [1.82, 2.24) is 19.8 Å². The zero-order valence-corrected chi connectivity index (χ0v) is 33.2. The largest absolute Gasteiger partial charge is 0.497 e. The zero-order chi connectivity index (χ0) is 42.7. The number of aromatic nitrogens is 2. The summed E-state index contributed by atoms with van der Waals surface area (Å²) >= 11 is 0. The van der Waals surface area contributed by atoms with Crippen LogP contribution in [0.25, 0.3) is 0 Å². The lowest BCUT2D eigenvalue weighted by Crippen LogP contribution is -2.48. The van der Waals surface area contributed by atoms with Crippen LogP contribution in [0.1, 0.15) is 54.2 Å². The summed E-state index contributed by atoms with van der Waals surface area (Å²) in [5.74, 6) is -13.0. The number of likely N-dealkylation sites (tertiary alicyclic amines) is 1. The van der Waals surface area contributed by atoms with Gasteiger partial charge in [0.15, 0.2) is 5.82 Å². The number of hydrogen-bond acceptors (Lipinski definition) is 9. The van der Waals surface area contributed by atoms with E-state index < -0.39 is 76.7 Å². The van der Waals surface area contributed by atoms with E-state index in [9.17, 15) is 31.5 Å². The molecule has 2 fully saturated rings. The van der Waals surface area contributed by atoms with Crippen molar-refractivity contribution in [2.75, 3.05) is 34.4 Å². The minimum absolute atomic E-state index is 0.000408. The minimum Gasteiger partial charge on any atom is -0.497 e. The third-order valence-corrected chi connectivity index (χ3v) is 11.0. The number of methoxy groups -OCH3 is 2. The number of aliphatic imine (C=N–C) groups is 1. The van der Waals surface area contributed by atoms with Gasteiger partial charge in [-0.25, -0.2) is 23.0 Å². The first-order chi connectivity index (χ1) is 28.8. The van der Waals surface area contributed by atoms with Crippen LogP contribution in [0.2, 0.25) is 0 Å². The van der Waals surface area contributed by atoms with Crippen LogP contribution in [-0.2, 0) is 15.1 Å². The lowest BCUT2D eigenvalue weighted by atomic mass is 9.76. The van der Waals surface area contributed by atoms with Crippen molar-refractivity contribution in [1.29, 1.82) is 0 Å². The summed E-state index contributed by atoms with van der Waals surface area (Å²) in [6.45, 7) is 2.59. The normalized spacial score (nSPS) is 18.6. The van der Waals surface area contributed by atoms with Crippen LogP contribution in [0.4, 0.5) is 27.8 Å². The maximum atomic E-state index is 14.6. The van der Waals surface area contributed by atoms with Gasteiger partial charge in [-0.2, -0.15) is 13.8 Å². The highest BCUT2D eigenvalue weighted by atomic mass is 19.2. The number of benzene rings is 4. The summed E-state index contributed by atoms with van der Waals surface area (Å²) in [5, 5.41) is 3.70. The Labute approximate surface area is 342 Å². The van der Waals surface area contributed by atoms with Gasteiger partial charge in [0, 0.05) is 44.2 Å². The van der Waals surface area contributed by atoms with Gasteiger partial charge in [-0.1, -0.05) is 54.6 Å². The van der Waals surface area contributed by atoms with Gasteiger partial charge in [0.05, 0.1) is 32.3 Å². The third-order valence-electron chi connectivity index (χ3n) is 11.0. The fourth-order valence-electron chi connectivity index (χ4n) is 7.80. The lowest BCUT2D eigenvalue weighted by molar-refractivity contribution is -0.136. The zero-order valence-electron chi connectivity index (χ0n) is 33.2. The highest BCUT2D eigenvalue weighted by Gasteiger charge is 2.43. The van der Waals surface area contributed by atoms with Crippen molar-refractivity contribution in [2.45, 2.75) is 50.5 Å². The molecule has 0 bridgehead atoms. The number of rotatable bonds is 13. The Hall–Kier alpha value is -6.13. The van der Waals surface area contributed by atoms with Crippen LogP contribution in [-0.4, -0.2) is 66.7 Å². The fraction of sp³-hybridized carbons (Fsp3) is 0.318. The molecule has 11 nitrogen and oxygen atoms in total. The average Bonchev–Trinajstić information content (AvgIpc) is 3.87. The van der Waals surface area contributed by atoms with E-state index in [4.69, 9.17) is 18.9 Å². The smallest absolute Gasteiger partial charge is 0.351 e. The molecule has 4 aromatic carbocycles. The second-order valence-electron chi connectivity index (χ2n) is 14.6. The van der Waals surface area contributed by atoms with Crippen molar-refractivity contribution in [3.63, 3.8) is 0 Å². The molecule has 314 valence electrons. The van der Waals surface area contributed by atoms with E-state index in [0.717, 1.165) is 41.9 Å². The van der Waals surface area contributed by atoms with E-state index in [1.165, 1.54) is 4.57 Å². The molecule has 0 unspecified atom stereocenters. The summed E-state index contributed by atoms with van der Waals surface area (Å²) in [5.41, 5.74) is 1.22. The molecule has 1 N–H and O–H groups in total. The molecule has 0 saturated carbocycles. The van der Waals surface area contributed by atoms with Gasteiger partial charge in [-0.05, 0) is 60.7 Å². The van der Waals surface area contributed by atoms with Crippen molar-refractivity contribution in [2.24, 2.45) is 10.9 Å². The van der Waals surface area contributed by atoms with Crippen molar-refractivity contribution < 1.29 is 45.7 Å². The number of amidine groups is 1. The second-order valence-corrected chi connectivity index (χ2v) is 14.6. The lowest BCUT2D eigenvalue weighted by Gasteiger charge is -2.38. The molecule has 3 heterocycles. The molecule has 2 aliphatic heterocycles. The number of nitrogens with one attached hydrogen (secondary N) is 1. The van der Waals surface area contributed by atoms with Crippen LogP contribution in [0.5, 0.6) is 17.2 Å². The Balaban J connectivity index is 1.27. The van der Waals surface area contributed by atoms with Crippen LogP contribution >= 0.6 is 0 Å². The second kappa shape index (κ2) is 17.6. The predicted molar refractivity (Wildman–Crippen MR) is 211 cm³/mol. The predicted octanol–water partition coefficient (Wildman–Crippen LogP) is 7.50.